The van der Waals surface area contributed by atoms with Gasteiger partial charge >= 0.3 is 0 Å². The molecule has 150 valence electrons. The first-order valence-corrected chi connectivity index (χ1v) is 10.6. The van der Waals surface area contributed by atoms with E-state index in [9.17, 15) is 4.79 Å². The van der Waals surface area contributed by atoms with Gasteiger partial charge in [0.1, 0.15) is 5.75 Å². The monoisotopic (exact) mass is 373 g/mol. The summed E-state index contributed by atoms with van der Waals surface area (Å²) in [7, 11) is 0. The molecule has 0 spiro atoms. The molecule has 1 amide bonds. The molecule has 2 fully saturated rings. The number of hydrogen-bond acceptors (Lipinski definition) is 4. The van der Waals surface area contributed by atoms with Gasteiger partial charge in [-0.3, -0.25) is 4.79 Å². The van der Waals surface area contributed by atoms with Gasteiger partial charge in [-0.1, -0.05) is 32.0 Å². The van der Waals surface area contributed by atoms with E-state index in [0.717, 1.165) is 49.7 Å². The van der Waals surface area contributed by atoms with Crippen LogP contribution in [0.5, 0.6) is 5.75 Å². The number of nitrogens with one attached hydrogen (secondary N) is 1. The van der Waals surface area contributed by atoms with Crippen LogP contribution in [0.3, 0.4) is 0 Å². The molecular formula is C22H35N3O2. The minimum Gasteiger partial charge on any atom is -0.483 e. The number of hydrogen-bond donors (Lipinski definition) is 1. The first-order valence-electron chi connectivity index (χ1n) is 10.6. The van der Waals surface area contributed by atoms with Crippen molar-refractivity contribution in [2.24, 2.45) is 5.92 Å². The topological polar surface area (TPSA) is 44.8 Å². The zero-order chi connectivity index (χ0) is 19.1. The molecule has 3 rings (SSSR count). The van der Waals surface area contributed by atoms with Gasteiger partial charge in [-0.25, -0.2) is 0 Å². The summed E-state index contributed by atoms with van der Waals surface area (Å²) >= 11 is 0. The highest BCUT2D eigenvalue weighted by molar-refractivity contribution is 5.78. The van der Waals surface area contributed by atoms with E-state index in [1.54, 1.807) is 0 Å². The van der Waals surface area contributed by atoms with Crippen molar-refractivity contribution in [1.82, 2.24) is 15.1 Å². The van der Waals surface area contributed by atoms with Gasteiger partial charge < -0.3 is 19.9 Å². The summed E-state index contributed by atoms with van der Waals surface area (Å²) in [5.41, 5.74) is 1.14. The molecule has 0 aliphatic carbocycles. The fourth-order valence-electron chi connectivity index (χ4n) is 4.08. The first kappa shape index (κ1) is 20.2. The van der Waals surface area contributed by atoms with E-state index in [2.05, 4.69) is 30.1 Å². The van der Waals surface area contributed by atoms with Crippen molar-refractivity contribution in [3.63, 3.8) is 0 Å². The summed E-state index contributed by atoms with van der Waals surface area (Å²) < 4.78 is 5.87. The Morgan fingerprint density at radius 3 is 2.56 bits per heavy atom. The number of benzene rings is 1. The maximum atomic E-state index is 12.2. The molecule has 1 aromatic rings. The lowest BCUT2D eigenvalue weighted by molar-refractivity contribution is -0.132. The van der Waals surface area contributed by atoms with Crippen LogP contribution in [0.15, 0.2) is 24.3 Å². The fraction of sp³-hybridized carbons (Fsp3) is 0.682. The van der Waals surface area contributed by atoms with E-state index in [4.69, 9.17) is 4.74 Å². The average molecular weight is 374 g/mol. The van der Waals surface area contributed by atoms with Crippen molar-refractivity contribution in [3.05, 3.63) is 29.8 Å². The maximum Gasteiger partial charge on any atom is 0.260 e. The number of ether oxygens (including phenoxy) is 1. The molecule has 5 heteroatoms. The van der Waals surface area contributed by atoms with E-state index in [-0.39, 0.29) is 12.5 Å². The first-order chi connectivity index (χ1) is 13.1. The summed E-state index contributed by atoms with van der Waals surface area (Å²) in [4.78, 5) is 16.7. The molecule has 2 aliphatic heterocycles. The lowest BCUT2D eigenvalue weighted by Gasteiger charge is -2.33. The number of amides is 1. The Morgan fingerprint density at radius 1 is 1.15 bits per heavy atom. The average Bonchev–Trinajstić information content (AvgIpc) is 3.21. The van der Waals surface area contributed by atoms with Crippen molar-refractivity contribution < 1.29 is 9.53 Å². The highest BCUT2D eigenvalue weighted by atomic mass is 16.5. The second-order valence-electron chi connectivity index (χ2n) is 8.33. The third-order valence-electron chi connectivity index (χ3n) is 5.57. The van der Waals surface area contributed by atoms with Crippen molar-refractivity contribution in [3.8, 4) is 5.75 Å². The minimum absolute atomic E-state index is 0.104. The molecule has 1 aromatic carbocycles. The van der Waals surface area contributed by atoms with Gasteiger partial charge in [-0.2, -0.15) is 0 Å². The van der Waals surface area contributed by atoms with Crippen LogP contribution in [0.1, 0.15) is 45.1 Å². The number of rotatable bonds is 8. The van der Waals surface area contributed by atoms with Gasteiger partial charge in [0.05, 0.1) is 0 Å². The molecule has 2 saturated heterocycles. The normalized spacial score (nSPS) is 19.0. The molecule has 27 heavy (non-hydrogen) atoms. The van der Waals surface area contributed by atoms with E-state index in [0.29, 0.717) is 6.04 Å². The van der Waals surface area contributed by atoms with Gasteiger partial charge in [-0.15, -0.1) is 0 Å². The van der Waals surface area contributed by atoms with Crippen LogP contribution < -0.4 is 10.1 Å². The highest BCUT2D eigenvalue weighted by Crippen LogP contribution is 2.20. The number of nitrogens with zero attached hydrogens (tertiary/aromatic N) is 2. The Morgan fingerprint density at radius 2 is 1.85 bits per heavy atom. The van der Waals surface area contributed by atoms with Gasteiger partial charge in [0.25, 0.3) is 5.91 Å². The van der Waals surface area contributed by atoms with Crippen LogP contribution in [-0.2, 0) is 11.3 Å². The van der Waals surface area contributed by atoms with Gasteiger partial charge in [-0.05, 0) is 50.8 Å². The maximum absolute atomic E-state index is 12.2. The van der Waals surface area contributed by atoms with Crippen LogP contribution in [0.2, 0.25) is 0 Å². The number of carbonyl (C=O) groups is 1. The fourth-order valence-corrected chi connectivity index (χ4v) is 4.08. The largest absolute Gasteiger partial charge is 0.483 e. The molecule has 1 N–H and O–H groups in total. The molecule has 2 aliphatic rings. The summed E-state index contributed by atoms with van der Waals surface area (Å²) in [5.74, 6) is 1.67. The lowest BCUT2D eigenvalue weighted by atomic mass is 10.0. The number of piperidine rings is 1. The third-order valence-corrected chi connectivity index (χ3v) is 5.57. The number of carbonyl (C=O) groups excluding carboxylic acids is 1. The predicted molar refractivity (Wildman–Crippen MR) is 109 cm³/mol. The van der Waals surface area contributed by atoms with Crippen LogP contribution in [-0.4, -0.2) is 61.1 Å². The zero-order valence-corrected chi connectivity index (χ0v) is 17.0. The Bertz CT molecular complexity index is 591. The lowest BCUT2D eigenvalue weighted by Crippen LogP contribution is -2.43. The molecular weight excluding hydrogens is 338 g/mol. The highest BCUT2D eigenvalue weighted by Gasteiger charge is 2.20. The van der Waals surface area contributed by atoms with E-state index in [1.165, 1.54) is 32.5 Å². The number of likely N-dealkylation sites (tertiary alicyclic amines) is 2. The molecule has 0 bridgehead atoms. The molecule has 0 radical (unpaired) electrons. The smallest absolute Gasteiger partial charge is 0.260 e. The van der Waals surface area contributed by atoms with Crippen molar-refractivity contribution in [2.45, 2.75) is 52.1 Å². The number of para-hydroxylation sites is 1. The molecule has 0 aromatic heterocycles. The quantitative estimate of drug-likeness (QED) is 0.761. The molecule has 0 unspecified atom stereocenters. The summed E-state index contributed by atoms with van der Waals surface area (Å²) in [6.07, 6.45) is 4.62. The standard InChI is InChI=1S/C22H35N3O2/c1-18(2)16-24-13-9-20(10-14-24)23-15-19-7-3-4-8-21(19)27-17-22(26)25-11-5-6-12-25/h3-4,7-8,18,20,23H,5-6,9-17H2,1-2H3. The van der Waals surface area contributed by atoms with Crippen molar-refractivity contribution >= 4 is 5.91 Å². The van der Waals surface area contributed by atoms with Gasteiger partial charge in [0.2, 0.25) is 0 Å². The second-order valence-corrected chi connectivity index (χ2v) is 8.33. The SMILES string of the molecule is CC(C)CN1CCC(NCc2ccccc2OCC(=O)N2CCCC2)CC1. The molecule has 5 nitrogen and oxygen atoms in total. The van der Waals surface area contributed by atoms with E-state index >= 15 is 0 Å². The van der Waals surface area contributed by atoms with E-state index < -0.39 is 0 Å². The molecule has 0 saturated carbocycles. The van der Waals surface area contributed by atoms with Crippen LogP contribution in [0, 0.1) is 5.92 Å². The van der Waals surface area contributed by atoms with Gasteiger partial charge in [0, 0.05) is 37.8 Å². The summed E-state index contributed by atoms with van der Waals surface area (Å²) in [6, 6.07) is 8.64. The zero-order valence-electron chi connectivity index (χ0n) is 17.0. The van der Waals surface area contributed by atoms with Crippen LogP contribution in [0.4, 0.5) is 0 Å². The third kappa shape index (κ3) is 6.22. The van der Waals surface area contributed by atoms with E-state index in [1.807, 2.05) is 23.1 Å². The van der Waals surface area contributed by atoms with Crippen LogP contribution >= 0.6 is 0 Å². The van der Waals surface area contributed by atoms with Crippen LogP contribution in [0.25, 0.3) is 0 Å². The van der Waals surface area contributed by atoms with Crippen molar-refractivity contribution in [2.75, 3.05) is 39.3 Å². The Kier molecular flexibility index (Phi) is 7.53. The Balaban J connectivity index is 1.44. The Hall–Kier alpha value is -1.59. The second kappa shape index (κ2) is 10.1. The predicted octanol–water partition coefficient (Wildman–Crippen LogP) is 2.90. The Labute approximate surface area is 164 Å². The van der Waals surface area contributed by atoms with Crippen molar-refractivity contribution in [1.29, 1.82) is 0 Å². The molecule has 2 heterocycles. The molecule has 0 atom stereocenters. The summed E-state index contributed by atoms with van der Waals surface area (Å²) in [6.45, 7) is 10.8. The summed E-state index contributed by atoms with van der Waals surface area (Å²) in [5, 5.41) is 3.69. The minimum atomic E-state index is 0.104. The van der Waals surface area contributed by atoms with Gasteiger partial charge in [0.15, 0.2) is 6.61 Å².